The first-order chi connectivity index (χ1) is 11.2. The van der Waals surface area contributed by atoms with E-state index in [0.29, 0.717) is 21.9 Å². The molecule has 0 aliphatic carbocycles. The van der Waals surface area contributed by atoms with E-state index in [0.717, 1.165) is 5.75 Å². The number of hydrogen-bond acceptors (Lipinski definition) is 7. The summed E-state index contributed by atoms with van der Waals surface area (Å²) < 4.78 is 5.07. The summed E-state index contributed by atoms with van der Waals surface area (Å²) in [6.45, 7) is 0. The average molecular weight is 330 g/mol. The highest BCUT2D eigenvalue weighted by Gasteiger charge is 2.11. The van der Waals surface area contributed by atoms with Crippen LogP contribution in [0.15, 0.2) is 35.6 Å². The smallest absolute Gasteiger partial charge is 0.234 e. The molecule has 0 spiro atoms. The van der Waals surface area contributed by atoms with Gasteiger partial charge in [0.1, 0.15) is 16.3 Å². The third kappa shape index (κ3) is 3.51. The van der Waals surface area contributed by atoms with Gasteiger partial charge in [0.2, 0.25) is 11.9 Å². The zero-order valence-electron chi connectivity index (χ0n) is 12.2. The molecule has 3 rings (SSSR count). The molecule has 2 heterocycles. The Morgan fingerprint density at radius 1 is 1.35 bits per heavy atom. The summed E-state index contributed by atoms with van der Waals surface area (Å²) in [5.41, 5.74) is 7.49. The number of imidazole rings is 1. The van der Waals surface area contributed by atoms with Gasteiger partial charge in [-0.05, 0) is 24.3 Å². The highest BCUT2D eigenvalue weighted by Crippen LogP contribution is 2.24. The van der Waals surface area contributed by atoms with Gasteiger partial charge in [0.05, 0.1) is 19.2 Å². The lowest BCUT2D eigenvalue weighted by molar-refractivity contribution is -0.113. The zero-order valence-corrected chi connectivity index (χ0v) is 13.1. The molecule has 0 bridgehead atoms. The average Bonchev–Trinajstić information content (AvgIpc) is 3.01. The van der Waals surface area contributed by atoms with Crippen molar-refractivity contribution in [2.45, 2.75) is 5.03 Å². The van der Waals surface area contributed by atoms with Gasteiger partial charge >= 0.3 is 0 Å². The lowest BCUT2D eigenvalue weighted by atomic mass is 10.3. The van der Waals surface area contributed by atoms with Crippen molar-refractivity contribution in [1.29, 1.82) is 0 Å². The Hall–Kier alpha value is -2.81. The number of H-pyrrole nitrogens is 1. The van der Waals surface area contributed by atoms with E-state index in [1.807, 2.05) is 0 Å². The number of methoxy groups -OCH3 is 1. The summed E-state index contributed by atoms with van der Waals surface area (Å²) in [6.07, 6.45) is 1.51. The first-order valence-corrected chi connectivity index (χ1v) is 7.67. The Balaban J connectivity index is 1.64. The van der Waals surface area contributed by atoms with Crippen LogP contribution in [0.3, 0.4) is 0 Å². The van der Waals surface area contributed by atoms with Crippen molar-refractivity contribution in [3.8, 4) is 5.75 Å². The molecule has 4 N–H and O–H groups in total. The third-order valence-corrected chi connectivity index (χ3v) is 3.96. The van der Waals surface area contributed by atoms with Crippen LogP contribution in [0.4, 0.5) is 11.6 Å². The molecule has 9 heteroatoms. The molecule has 0 fully saturated rings. The number of nitrogens with zero attached hydrogens (tertiary/aromatic N) is 3. The third-order valence-electron chi connectivity index (χ3n) is 2.98. The standard InChI is InChI=1S/C14H14N6O2S/c1-22-9-4-2-8(3-5-9)18-10(21)6-23-13-11-12(17-7-16-11)19-14(15)20-13/h2-5,7H,6H2,1H3,(H,18,21)(H3,15,16,17,19,20). The predicted octanol–water partition coefficient (Wildman–Crippen LogP) is 1.67. The second-order valence-electron chi connectivity index (χ2n) is 4.55. The second kappa shape index (κ2) is 6.53. The van der Waals surface area contributed by atoms with Crippen molar-refractivity contribution >= 4 is 40.5 Å². The lowest BCUT2D eigenvalue weighted by Gasteiger charge is -2.06. The minimum absolute atomic E-state index is 0.127. The molecule has 0 aliphatic rings. The number of amides is 1. The van der Waals surface area contributed by atoms with Gasteiger partial charge in [0.25, 0.3) is 0 Å². The highest BCUT2D eigenvalue weighted by molar-refractivity contribution is 8.00. The van der Waals surface area contributed by atoms with Gasteiger partial charge < -0.3 is 20.8 Å². The molecule has 8 nitrogen and oxygen atoms in total. The van der Waals surface area contributed by atoms with Crippen LogP contribution in [-0.4, -0.2) is 38.7 Å². The van der Waals surface area contributed by atoms with Crippen molar-refractivity contribution in [2.75, 3.05) is 23.9 Å². The number of nitrogen functional groups attached to an aromatic ring is 1. The fourth-order valence-corrected chi connectivity index (χ4v) is 2.73. The number of ether oxygens (including phenoxy) is 1. The monoisotopic (exact) mass is 330 g/mol. The maximum Gasteiger partial charge on any atom is 0.234 e. The Morgan fingerprint density at radius 3 is 2.87 bits per heavy atom. The van der Waals surface area contributed by atoms with Gasteiger partial charge in [-0.3, -0.25) is 4.79 Å². The molecular weight excluding hydrogens is 316 g/mol. The normalized spacial score (nSPS) is 10.7. The number of thioether (sulfide) groups is 1. The first kappa shape index (κ1) is 15.1. The van der Waals surface area contributed by atoms with Crippen LogP contribution in [-0.2, 0) is 4.79 Å². The molecule has 3 aromatic rings. The lowest BCUT2D eigenvalue weighted by Crippen LogP contribution is -2.14. The highest BCUT2D eigenvalue weighted by atomic mass is 32.2. The SMILES string of the molecule is COc1ccc(NC(=O)CSc2nc(N)nc3nc[nH]c23)cc1. The molecule has 1 amide bonds. The number of nitrogens with one attached hydrogen (secondary N) is 2. The topological polar surface area (TPSA) is 119 Å². The summed E-state index contributed by atoms with van der Waals surface area (Å²) >= 11 is 1.26. The zero-order chi connectivity index (χ0) is 16.2. The van der Waals surface area contributed by atoms with Gasteiger partial charge in [0.15, 0.2) is 5.65 Å². The van der Waals surface area contributed by atoms with E-state index in [1.165, 1.54) is 18.1 Å². The van der Waals surface area contributed by atoms with Gasteiger partial charge in [-0.2, -0.15) is 4.98 Å². The molecule has 2 aromatic heterocycles. The molecule has 23 heavy (non-hydrogen) atoms. The molecule has 0 aliphatic heterocycles. The van der Waals surface area contributed by atoms with Crippen LogP contribution in [0, 0.1) is 0 Å². The summed E-state index contributed by atoms with van der Waals surface area (Å²) in [7, 11) is 1.59. The molecule has 0 saturated heterocycles. The maximum absolute atomic E-state index is 12.0. The van der Waals surface area contributed by atoms with Gasteiger partial charge in [-0.15, -0.1) is 0 Å². The molecule has 0 unspecified atom stereocenters. The van der Waals surface area contributed by atoms with Crippen LogP contribution >= 0.6 is 11.8 Å². The molecule has 0 atom stereocenters. The van der Waals surface area contributed by atoms with Crippen LogP contribution in [0.2, 0.25) is 0 Å². The first-order valence-electron chi connectivity index (χ1n) is 6.69. The number of fused-ring (bicyclic) bond motifs is 1. The quantitative estimate of drug-likeness (QED) is 0.481. The minimum Gasteiger partial charge on any atom is -0.497 e. The summed E-state index contributed by atoms with van der Waals surface area (Å²) in [5.74, 6) is 0.902. The van der Waals surface area contributed by atoms with Crippen molar-refractivity contribution in [3.05, 3.63) is 30.6 Å². The van der Waals surface area contributed by atoms with E-state index in [2.05, 4.69) is 25.3 Å². The van der Waals surface area contributed by atoms with Crippen molar-refractivity contribution < 1.29 is 9.53 Å². The molecule has 1 aromatic carbocycles. The second-order valence-corrected chi connectivity index (χ2v) is 5.52. The molecular formula is C14H14N6O2S. The Bertz CT molecular complexity index is 833. The summed E-state index contributed by atoms with van der Waals surface area (Å²) in [5, 5.41) is 3.40. The van der Waals surface area contributed by atoms with Gasteiger partial charge in [-0.1, -0.05) is 11.8 Å². The number of aromatic nitrogens is 4. The van der Waals surface area contributed by atoms with Crippen molar-refractivity contribution in [3.63, 3.8) is 0 Å². The van der Waals surface area contributed by atoms with Crippen LogP contribution in [0.5, 0.6) is 5.75 Å². The molecule has 118 valence electrons. The number of aromatic amines is 1. The number of nitrogens with two attached hydrogens (primary N) is 1. The van der Waals surface area contributed by atoms with Crippen LogP contribution in [0.25, 0.3) is 11.2 Å². The summed E-state index contributed by atoms with van der Waals surface area (Å²) in [4.78, 5) is 27.2. The fraction of sp³-hybridized carbons (Fsp3) is 0.143. The van der Waals surface area contributed by atoms with Crippen molar-refractivity contribution in [1.82, 2.24) is 19.9 Å². The van der Waals surface area contributed by atoms with Gasteiger partial charge in [0, 0.05) is 5.69 Å². The summed E-state index contributed by atoms with van der Waals surface area (Å²) in [6, 6.07) is 7.11. The number of anilines is 2. The van der Waals surface area contributed by atoms with E-state index in [1.54, 1.807) is 31.4 Å². The number of benzene rings is 1. The Kier molecular flexibility index (Phi) is 4.29. The van der Waals surface area contributed by atoms with Crippen LogP contribution in [0.1, 0.15) is 0 Å². The van der Waals surface area contributed by atoms with Gasteiger partial charge in [-0.25, -0.2) is 9.97 Å². The minimum atomic E-state index is -0.148. The van der Waals surface area contributed by atoms with Crippen molar-refractivity contribution in [2.24, 2.45) is 0 Å². The number of hydrogen-bond donors (Lipinski definition) is 3. The molecule has 0 saturated carbocycles. The van der Waals surface area contributed by atoms with E-state index >= 15 is 0 Å². The number of carbonyl (C=O) groups excluding carboxylic acids is 1. The van der Waals surface area contributed by atoms with E-state index in [4.69, 9.17) is 10.5 Å². The van der Waals surface area contributed by atoms with Crippen LogP contribution < -0.4 is 15.8 Å². The Labute approximate surface area is 135 Å². The van der Waals surface area contributed by atoms with E-state index in [9.17, 15) is 4.79 Å². The Morgan fingerprint density at radius 2 is 2.13 bits per heavy atom. The predicted molar refractivity (Wildman–Crippen MR) is 88.4 cm³/mol. The maximum atomic E-state index is 12.0. The fourth-order valence-electron chi connectivity index (χ4n) is 1.93. The number of carbonyl (C=O) groups is 1. The largest absolute Gasteiger partial charge is 0.497 e. The molecule has 0 radical (unpaired) electrons. The van der Waals surface area contributed by atoms with E-state index < -0.39 is 0 Å². The number of rotatable bonds is 5. The van der Waals surface area contributed by atoms with E-state index in [-0.39, 0.29) is 17.6 Å².